The van der Waals surface area contributed by atoms with E-state index in [2.05, 4.69) is 28.9 Å². The molecule has 0 saturated heterocycles. The quantitative estimate of drug-likeness (QED) is 0.913. The Morgan fingerprint density at radius 1 is 1.28 bits per heavy atom. The summed E-state index contributed by atoms with van der Waals surface area (Å²) in [6, 6.07) is 4.32. The molecule has 3 nitrogen and oxygen atoms in total. The highest BCUT2D eigenvalue weighted by atomic mass is 79.9. The van der Waals surface area contributed by atoms with Crippen molar-refractivity contribution in [1.82, 2.24) is 0 Å². The number of benzene rings is 1. The second-order valence-electron chi connectivity index (χ2n) is 5.25. The van der Waals surface area contributed by atoms with Crippen molar-refractivity contribution in [2.75, 3.05) is 13.2 Å². The van der Waals surface area contributed by atoms with Gasteiger partial charge in [0.05, 0.1) is 17.7 Å². The molecule has 1 fully saturated rings. The van der Waals surface area contributed by atoms with E-state index in [-0.39, 0.29) is 11.5 Å². The average molecular weight is 312 g/mol. The molecule has 0 radical (unpaired) electrons. The molecule has 18 heavy (non-hydrogen) atoms. The molecule has 2 aliphatic rings. The third-order valence-electron chi connectivity index (χ3n) is 4.05. The number of rotatable bonds is 2. The lowest BCUT2D eigenvalue weighted by molar-refractivity contribution is 0.296. The number of ether oxygens (including phenoxy) is 2. The van der Waals surface area contributed by atoms with E-state index in [1.165, 1.54) is 5.56 Å². The molecule has 1 atom stereocenters. The minimum absolute atomic E-state index is 0.128. The van der Waals surface area contributed by atoms with Crippen LogP contribution in [0.15, 0.2) is 16.6 Å². The minimum Gasteiger partial charge on any atom is -0.490 e. The van der Waals surface area contributed by atoms with Crippen molar-refractivity contribution in [1.29, 1.82) is 0 Å². The van der Waals surface area contributed by atoms with Crippen molar-refractivity contribution in [2.45, 2.75) is 37.6 Å². The van der Waals surface area contributed by atoms with Gasteiger partial charge >= 0.3 is 0 Å². The predicted molar refractivity (Wildman–Crippen MR) is 74.3 cm³/mol. The molecule has 0 aromatic heterocycles. The molecule has 1 aliphatic heterocycles. The van der Waals surface area contributed by atoms with Gasteiger partial charge in [-0.1, -0.05) is 6.07 Å². The maximum Gasteiger partial charge on any atom is 0.175 e. The van der Waals surface area contributed by atoms with Gasteiger partial charge in [-0.15, -0.1) is 0 Å². The van der Waals surface area contributed by atoms with Gasteiger partial charge in [-0.2, -0.15) is 0 Å². The normalized spacial score (nSPS) is 22.2. The van der Waals surface area contributed by atoms with Crippen LogP contribution in [0.4, 0.5) is 0 Å². The van der Waals surface area contributed by atoms with Gasteiger partial charge in [0.25, 0.3) is 0 Å². The zero-order valence-corrected chi connectivity index (χ0v) is 12.1. The molecular formula is C14H18BrNO2. The molecule has 4 heteroatoms. The Bertz CT molecular complexity index is 469. The van der Waals surface area contributed by atoms with E-state index >= 15 is 0 Å². The van der Waals surface area contributed by atoms with E-state index in [0.717, 1.165) is 41.8 Å². The molecule has 1 aromatic rings. The SMILES string of the molecule is CC(N)C1(c2ccc3c(c2Br)OCCCO3)CC1. The van der Waals surface area contributed by atoms with Crippen molar-refractivity contribution >= 4 is 15.9 Å². The molecule has 1 saturated carbocycles. The van der Waals surface area contributed by atoms with E-state index in [4.69, 9.17) is 15.2 Å². The van der Waals surface area contributed by atoms with Gasteiger partial charge in [-0.05, 0) is 47.3 Å². The second kappa shape index (κ2) is 4.42. The van der Waals surface area contributed by atoms with E-state index in [1.807, 2.05) is 6.07 Å². The summed E-state index contributed by atoms with van der Waals surface area (Å²) in [6.45, 7) is 3.51. The molecular weight excluding hydrogens is 294 g/mol. The van der Waals surface area contributed by atoms with Crippen molar-refractivity contribution < 1.29 is 9.47 Å². The predicted octanol–water partition coefficient (Wildman–Crippen LogP) is 2.99. The fourth-order valence-corrected chi connectivity index (χ4v) is 3.53. The van der Waals surface area contributed by atoms with Crippen molar-refractivity contribution in [3.8, 4) is 11.5 Å². The molecule has 98 valence electrons. The first-order valence-corrected chi connectivity index (χ1v) is 7.28. The number of hydrogen-bond donors (Lipinski definition) is 1. The van der Waals surface area contributed by atoms with Crippen LogP contribution in [0.5, 0.6) is 11.5 Å². The molecule has 0 bridgehead atoms. The van der Waals surface area contributed by atoms with Gasteiger partial charge in [0.15, 0.2) is 11.5 Å². The van der Waals surface area contributed by atoms with Crippen molar-refractivity contribution in [3.05, 3.63) is 22.2 Å². The summed E-state index contributed by atoms with van der Waals surface area (Å²) in [5.41, 5.74) is 7.54. The highest BCUT2D eigenvalue weighted by molar-refractivity contribution is 9.10. The van der Waals surface area contributed by atoms with Crippen LogP contribution in [-0.2, 0) is 5.41 Å². The average Bonchev–Trinajstić information content (AvgIpc) is 3.13. The molecule has 0 amide bonds. The highest BCUT2D eigenvalue weighted by Crippen LogP contribution is 2.55. The first-order chi connectivity index (χ1) is 8.65. The highest BCUT2D eigenvalue weighted by Gasteiger charge is 2.49. The van der Waals surface area contributed by atoms with Gasteiger partial charge in [0.2, 0.25) is 0 Å². The summed E-state index contributed by atoms with van der Waals surface area (Å²) < 4.78 is 12.5. The number of halogens is 1. The summed E-state index contributed by atoms with van der Waals surface area (Å²) in [7, 11) is 0. The number of hydrogen-bond acceptors (Lipinski definition) is 3. The van der Waals surface area contributed by atoms with Gasteiger partial charge in [0.1, 0.15) is 0 Å². The maximum absolute atomic E-state index is 6.15. The first-order valence-electron chi connectivity index (χ1n) is 6.49. The third kappa shape index (κ3) is 1.82. The second-order valence-corrected chi connectivity index (χ2v) is 6.04. The fourth-order valence-electron chi connectivity index (χ4n) is 2.69. The summed E-state index contributed by atoms with van der Waals surface area (Å²) in [4.78, 5) is 0. The van der Waals surface area contributed by atoms with Crippen molar-refractivity contribution in [2.24, 2.45) is 5.73 Å². The topological polar surface area (TPSA) is 44.5 Å². The summed E-state index contributed by atoms with van der Waals surface area (Å²) >= 11 is 3.69. The van der Waals surface area contributed by atoms with E-state index in [0.29, 0.717) is 6.61 Å². The molecule has 0 spiro atoms. The Morgan fingerprint density at radius 3 is 2.67 bits per heavy atom. The Labute approximate surface area is 116 Å². The lowest BCUT2D eigenvalue weighted by atomic mass is 9.89. The molecule has 1 unspecified atom stereocenters. The smallest absolute Gasteiger partial charge is 0.175 e. The standard InChI is InChI=1S/C14H18BrNO2/c1-9(16)14(5-6-14)10-3-4-11-13(12(10)15)18-8-2-7-17-11/h3-4,9H,2,5-8,16H2,1H3. The van der Waals surface area contributed by atoms with Crippen LogP contribution in [0.3, 0.4) is 0 Å². The maximum atomic E-state index is 6.15. The third-order valence-corrected chi connectivity index (χ3v) is 4.84. The minimum atomic E-state index is 0.128. The van der Waals surface area contributed by atoms with E-state index < -0.39 is 0 Å². The lowest BCUT2D eigenvalue weighted by Gasteiger charge is -2.23. The van der Waals surface area contributed by atoms with Crippen LogP contribution >= 0.6 is 15.9 Å². The first kappa shape index (κ1) is 12.3. The summed E-state index contributed by atoms with van der Waals surface area (Å²) in [5.74, 6) is 1.68. The Hall–Kier alpha value is -0.740. The molecule has 1 heterocycles. The molecule has 3 rings (SSSR count). The number of nitrogens with two attached hydrogens (primary N) is 1. The lowest BCUT2D eigenvalue weighted by Crippen LogP contribution is -2.31. The van der Waals surface area contributed by atoms with Crippen molar-refractivity contribution in [3.63, 3.8) is 0 Å². The van der Waals surface area contributed by atoms with Crippen LogP contribution < -0.4 is 15.2 Å². The van der Waals surface area contributed by atoms with Gasteiger partial charge in [-0.25, -0.2) is 0 Å². The van der Waals surface area contributed by atoms with Gasteiger partial charge < -0.3 is 15.2 Å². The van der Waals surface area contributed by atoms with Gasteiger partial charge in [0, 0.05) is 17.9 Å². The zero-order valence-electron chi connectivity index (χ0n) is 10.5. The fraction of sp³-hybridized carbons (Fsp3) is 0.571. The molecule has 1 aromatic carbocycles. The van der Waals surface area contributed by atoms with Gasteiger partial charge in [-0.3, -0.25) is 0 Å². The zero-order chi connectivity index (χ0) is 12.8. The van der Waals surface area contributed by atoms with E-state index in [9.17, 15) is 0 Å². The van der Waals surface area contributed by atoms with Crippen LogP contribution in [0.2, 0.25) is 0 Å². The van der Waals surface area contributed by atoms with Crippen LogP contribution in [0.1, 0.15) is 31.7 Å². The summed E-state index contributed by atoms with van der Waals surface area (Å²) in [6.07, 6.45) is 3.24. The monoisotopic (exact) mass is 311 g/mol. The number of fused-ring (bicyclic) bond motifs is 1. The molecule has 1 aliphatic carbocycles. The largest absolute Gasteiger partial charge is 0.490 e. The van der Waals surface area contributed by atoms with Crippen LogP contribution in [0, 0.1) is 0 Å². The molecule has 2 N–H and O–H groups in total. The Kier molecular flexibility index (Phi) is 3.02. The Morgan fingerprint density at radius 2 is 2.00 bits per heavy atom. The van der Waals surface area contributed by atoms with Crippen LogP contribution in [-0.4, -0.2) is 19.3 Å². The summed E-state index contributed by atoms with van der Waals surface area (Å²) in [5, 5.41) is 0. The van der Waals surface area contributed by atoms with Crippen LogP contribution in [0.25, 0.3) is 0 Å². The van der Waals surface area contributed by atoms with E-state index in [1.54, 1.807) is 0 Å². The Balaban J connectivity index is 2.05.